The zero-order chi connectivity index (χ0) is 11.3. The average Bonchev–Trinajstić information content (AvgIpc) is 2.26. The Balaban J connectivity index is 2.53. The van der Waals surface area contributed by atoms with Gasteiger partial charge < -0.3 is 5.32 Å². The highest BCUT2D eigenvalue weighted by molar-refractivity contribution is 6.30. The lowest BCUT2D eigenvalue weighted by Crippen LogP contribution is -2.20. The molecule has 0 aliphatic rings. The van der Waals surface area contributed by atoms with Crippen LogP contribution in [0.25, 0.3) is 0 Å². The molecule has 3 heteroatoms. The summed E-state index contributed by atoms with van der Waals surface area (Å²) in [4.78, 5) is 0. The Morgan fingerprint density at radius 2 is 2.00 bits per heavy atom. The number of hydrogen-bond acceptors (Lipinski definition) is 1. The molecule has 1 aromatic rings. The van der Waals surface area contributed by atoms with Crippen molar-refractivity contribution >= 4 is 23.2 Å². The van der Waals surface area contributed by atoms with Crippen LogP contribution >= 0.6 is 23.2 Å². The normalized spacial score (nSPS) is 14.0. The minimum atomic E-state index is 0.300. The van der Waals surface area contributed by atoms with E-state index in [4.69, 9.17) is 23.2 Å². The van der Waals surface area contributed by atoms with E-state index in [0.29, 0.717) is 6.04 Å². The number of hydrogen-bond donors (Lipinski definition) is 1. The summed E-state index contributed by atoms with van der Waals surface area (Å²) in [5.41, 5.74) is 3.95. The molecule has 15 heavy (non-hydrogen) atoms. The van der Waals surface area contributed by atoms with E-state index in [1.807, 2.05) is 31.2 Å². The van der Waals surface area contributed by atoms with Gasteiger partial charge in [-0.3, -0.25) is 0 Å². The van der Waals surface area contributed by atoms with E-state index in [9.17, 15) is 0 Å². The molecule has 0 radical (unpaired) electrons. The molecule has 1 N–H and O–H groups in total. The molecule has 0 spiro atoms. The van der Waals surface area contributed by atoms with Crippen LogP contribution in [0.4, 0.5) is 0 Å². The Kier molecular flexibility index (Phi) is 5.16. The van der Waals surface area contributed by atoms with Crippen molar-refractivity contribution in [1.29, 1.82) is 0 Å². The molecule has 0 saturated heterocycles. The van der Waals surface area contributed by atoms with Gasteiger partial charge in [-0.1, -0.05) is 35.3 Å². The Morgan fingerprint density at radius 1 is 1.40 bits per heavy atom. The van der Waals surface area contributed by atoms with Crippen molar-refractivity contribution in [2.45, 2.75) is 19.9 Å². The second-order valence-electron chi connectivity index (χ2n) is 3.61. The van der Waals surface area contributed by atoms with Crippen LogP contribution in [0.15, 0.2) is 35.4 Å². The summed E-state index contributed by atoms with van der Waals surface area (Å²) < 4.78 is 0. The molecule has 1 nitrogen and oxygen atoms in total. The Morgan fingerprint density at radius 3 is 2.53 bits per heavy atom. The van der Waals surface area contributed by atoms with E-state index in [0.717, 1.165) is 17.1 Å². The van der Waals surface area contributed by atoms with Gasteiger partial charge in [-0.25, -0.2) is 0 Å². The van der Waals surface area contributed by atoms with Crippen LogP contribution in [0.3, 0.4) is 0 Å². The van der Waals surface area contributed by atoms with Crippen LogP contribution in [-0.2, 0) is 0 Å². The SMILES string of the molecule is C/C(=C\Cl)CNC(C)c1ccc(Cl)cc1. The maximum absolute atomic E-state index is 5.82. The lowest BCUT2D eigenvalue weighted by molar-refractivity contribution is 0.607. The molecule has 0 amide bonds. The van der Waals surface area contributed by atoms with Crippen LogP contribution in [-0.4, -0.2) is 6.54 Å². The van der Waals surface area contributed by atoms with Crippen LogP contribution < -0.4 is 5.32 Å². The average molecular weight is 244 g/mol. The van der Waals surface area contributed by atoms with Gasteiger partial charge in [0.2, 0.25) is 0 Å². The van der Waals surface area contributed by atoms with E-state index >= 15 is 0 Å². The standard InChI is InChI=1S/C12H15Cl2N/c1-9(7-13)8-15-10(2)11-3-5-12(14)6-4-11/h3-7,10,15H,8H2,1-2H3/b9-7+. The summed E-state index contributed by atoms with van der Waals surface area (Å²) >= 11 is 11.4. The molecule has 0 saturated carbocycles. The highest BCUT2D eigenvalue weighted by Gasteiger charge is 2.03. The fraction of sp³-hybridized carbons (Fsp3) is 0.333. The Hall–Kier alpha value is -0.500. The molecule has 1 aromatic carbocycles. The predicted octanol–water partition coefficient (Wildman–Crippen LogP) is 4.13. The molecule has 0 aliphatic carbocycles. The number of benzene rings is 1. The van der Waals surface area contributed by atoms with E-state index < -0.39 is 0 Å². The van der Waals surface area contributed by atoms with E-state index in [-0.39, 0.29) is 0 Å². The first-order chi connectivity index (χ1) is 7.13. The first-order valence-electron chi connectivity index (χ1n) is 4.88. The third-order valence-corrected chi connectivity index (χ3v) is 2.87. The third-order valence-electron chi connectivity index (χ3n) is 2.24. The maximum Gasteiger partial charge on any atom is 0.0406 e. The van der Waals surface area contributed by atoms with E-state index in [1.165, 1.54) is 5.56 Å². The third kappa shape index (κ3) is 4.25. The fourth-order valence-electron chi connectivity index (χ4n) is 1.22. The smallest absolute Gasteiger partial charge is 0.0406 e. The quantitative estimate of drug-likeness (QED) is 0.839. The van der Waals surface area contributed by atoms with E-state index in [1.54, 1.807) is 5.54 Å². The van der Waals surface area contributed by atoms with E-state index in [2.05, 4.69) is 12.2 Å². The monoisotopic (exact) mass is 243 g/mol. The van der Waals surface area contributed by atoms with Crippen molar-refractivity contribution in [3.63, 3.8) is 0 Å². The molecule has 0 bridgehead atoms. The van der Waals surface area contributed by atoms with Gasteiger partial charge >= 0.3 is 0 Å². The van der Waals surface area contributed by atoms with Crippen molar-refractivity contribution in [3.8, 4) is 0 Å². The molecular formula is C12H15Cl2N. The molecule has 82 valence electrons. The van der Waals surface area contributed by atoms with Crippen LogP contribution in [0.5, 0.6) is 0 Å². The van der Waals surface area contributed by atoms with Crippen LogP contribution in [0, 0.1) is 0 Å². The zero-order valence-electron chi connectivity index (χ0n) is 8.93. The summed E-state index contributed by atoms with van der Waals surface area (Å²) in [6.45, 7) is 4.91. The van der Waals surface area contributed by atoms with Crippen molar-refractivity contribution < 1.29 is 0 Å². The number of nitrogens with one attached hydrogen (secondary N) is 1. The Bertz CT molecular complexity index is 330. The minimum Gasteiger partial charge on any atom is -0.306 e. The van der Waals surface area contributed by atoms with Gasteiger partial charge in [0.1, 0.15) is 0 Å². The molecule has 0 aliphatic heterocycles. The van der Waals surface area contributed by atoms with Crippen molar-refractivity contribution in [1.82, 2.24) is 5.32 Å². The molecule has 1 atom stereocenters. The second-order valence-corrected chi connectivity index (χ2v) is 4.26. The first kappa shape index (κ1) is 12.6. The largest absolute Gasteiger partial charge is 0.306 e. The van der Waals surface area contributed by atoms with Gasteiger partial charge in [0, 0.05) is 23.1 Å². The topological polar surface area (TPSA) is 12.0 Å². The van der Waals surface area contributed by atoms with Crippen LogP contribution in [0.1, 0.15) is 25.5 Å². The summed E-state index contributed by atoms with van der Waals surface area (Å²) in [6.07, 6.45) is 0. The molecule has 1 rings (SSSR count). The number of rotatable bonds is 4. The molecule has 0 fully saturated rings. The highest BCUT2D eigenvalue weighted by atomic mass is 35.5. The minimum absolute atomic E-state index is 0.300. The first-order valence-corrected chi connectivity index (χ1v) is 5.69. The highest BCUT2D eigenvalue weighted by Crippen LogP contribution is 2.16. The van der Waals surface area contributed by atoms with Gasteiger partial charge in [-0.2, -0.15) is 0 Å². The summed E-state index contributed by atoms with van der Waals surface area (Å²) in [5.74, 6) is 0. The van der Waals surface area contributed by atoms with Gasteiger partial charge in [-0.05, 0) is 37.1 Å². The summed E-state index contributed by atoms with van der Waals surface area (Å²) in [7, 11) is 0. The molecule has 1 unspecified atom stereocenters. The summed E-state index contributed by atoms with van der Waals surface area (Å²) in [6, 6.07) is 8.16. The molecule has 0 aromatic heterocycles. The lowest BCUT2D eigenvalue weighted by atomic mass is 10.1. The number of halogens is 2. The van der Waals surface area contributed by atoms with Gasteiger partial charge in [-0.15, -0.1) is 0 Å². The fourth-order valence-corrected chi connectivity index (χ4v) is 1.43. The molecule has 0 heterocycles. The Labute approximate surface area is 101 Å². The predicted molar refractivity (Wildman–Crippen MR) is 67.5 cm³/mol. The second kappa shape index (κ2) is 6.16. The van der Waals surface area contributed by atoms with Crippen molar-refractivity contribution in [3.05, 3.63) is 46.0 Å². The van der Waals surface area contributed by atoms with Gasteiger partial charge in [0.25, 0.3) is 0 Å². The van der Waals surface area contributed by atoms with Crippen molar-refractivity contribution in [2.24, 2.45) is 0 Å². The van der Waals surface area contributed by atoms with Crippen LogP contribution in [0.2, 0.25) is 5.02 Å². The van der Waals surface area contributed by atoms with Gasteiger partial charge in [0.15, 0.2) is 0 Å². The maximum atomic E-state index is 5.82. The zero-order valence-corrected chi connectivity index (χ0v) is 10.4. The van der Waals surface area contributed by atoms with Gasteiger partial charge in [0.05, 0.1) is 0 Å². The summed E-state index contributed by atoms with van der Waals surface area (Å²) in [5, 5.41) is 4.14. The molecular weight excluding hydrogens is 229 g/mol. The lowest BCUT2D eigenvalue weighted by Gasteiger charge is -2.14. The van der Waals surface area contributed by atoms with Crippen molar-refractivity contribution in [2.75, 3.05) is 6.54 Å².